The van der Waals surface area contributed by atoms with E-state index in [4.69, 9.17) is 4.74 Å². The largest absolute Gasteiger partial charge is 0.380 e. The first-order valence-electron chi connectivity index (χ1n) is 7.95. The van der Waals surface area contributed by atoms with Gasteiger partial charge in [-0.1, -0.05) is 0 Å². The van der Waals surface area contributed by atoms with Crippen LogP contribution in [0.3, 0.4) is 0 Å². The van der Waals surface area contributed by atoms with Crippen LogP contribution >= 0.6 is 0 Å². The third kappa shape index (κ3) is 2.53. The molecule has 1 saturated heterocycles. The Labute approximate surface area is 130 Å². The molecule has 0 amide bonds. The van der Waals surface area contributed by atoms with Gasteiger partial charge in [-0.25, -0.2) is 9.97 Å². The van der Waals surface area contributed by atoms with Gasteiger partial charge in [0.05, 0.1) is 18.5 Å². The molecular weight excluding hydrogens is 278 g/mol. The molecule has 6 heteroatoms. The summed E-state index contributed by atoms with van der Waals surface area (Å²) in [5.41, 5.74) is 4.61. The molecule has 0 aliphatic carbocycles. The summed E-state index contributed by atoms with van der Waals surface area (Å²) in [5, 5.41) is 4.27. The predicted octanol–water partition coefficient (Wildman–Crippen LogP) is 1.07. The van der Waals surface area contributed by atoms with Crippen LogP contribution in [0.15, 0.2) is 18.7 Å². The van der Waals surface area contributed by atoms with Gasteiger partial charge in [0.1, 0.15) is 6.33 Å². The first-order valence-corrected chi connectivity index (χ1v) is 7.95. The Bertz CT molecular complexity index is 662. The van der Waals surface area contributed by atoms with Crippen molar-refractivity contribution in [2.45, 2.75) is 25.3 Å². The van der Waals surface area contributed by atoms with Crippen LogP contribution in [0.4, 0.5) is 0 Å². The van der Waals surface area contributed by atoms with Crippen LogP contribution in [0.5, 0.6) is 0 Å². The third-order valence-corrected chi connectivity index (χ3v) is 4.72. The highest BCUT2D eigenvalue weighted by atomic mass is 16.5. The van der Waals surface area contributed by atoms with Crippen molar-refractivity contribution < 1.29 is 4.74 Å². The fourth-order valence-corrected chi connectivity index (χ4v) is 3.51. The molecule has 6 nitrogen and oxygen atoms in total. The summed E-state index contributed by atoms with van der Waals surface area (Å²) in [4.78, 5) is 11.6. The maximum atomic E-state index is 5.54. The maximum Gasteiger partial charge on any atom is 0.116 e. The zero-order chi connectivity index (χ0) is 14.9. The Kier molecular flexibility index (Phi) is 3.63. The standard InChI is InChI=1S/C16H21N5O/c1-20-9-12(8-19-20)16-14-2-5-21(13-4-7-22-10-13)6-3-15(14)17-11-18-16/h8-9,11,13H,2-7,10H2,1H3/t13-/m1/s1. The summed E-state index contributed by atoms with van der Waals surface area (Å²) in [6.45, 7) is 3.89. The molecule has 1 fully saturated rings. The lowest BCUT2D eigenvalue weighted by Gasteiger charge is -2.25. The number of aryl methyl sites for hydroxylation is 1. The van der Waals surface area contributed by atoms with Gasteiger partial charge in [0, 0.05) is 62.2 Å². The van der Waals surface area contributed by atoms with Crippen LogP contribution in [-0.4, -0.2) is 57.0 Å². The summed E-state index contributed by atoms with van der Waals surface area (Å²) in [6, 6.07) is 0.573. The first-order chi connectivity index (χ1) is 10.8. The number of hydrogen-bond acceptors (Lipinski definition) is 5. The molecule has 0 N–H and O–H groups in total. The summed E-state index contributed by atoms with van der Waals surface area (Å²) >= 11 is 0. The molecule has 22 heavy (non-hydrogen) atoms. The normalized spacial score (nSPS) is 22.5. The van der Waals surface area contributed by atoms with Crippen molar-refractivity contribution in [1.82, 2.24) is 24.6 Å². The highest BCUT2D eigenvalue weighted by molar-refractivity contribution is 5.62. The summed E-state index contributed by atoms with van der Waals surface area (Å²) in [7, 11) is 1.94. The molecule has 2 aromatic heterocycles. The van der Waals surface area contributed by atoms with Crippen LogP contribution in [0.25, 0.3) is 11.3 Å². The maximum absolute atomic E-state index is 5.54. The molecule has 0 bridgehead atoms. The van der Waals surface area contributed by atoms with Crippen molar-refractivity contribution in [3.63, 3.8) is 0 Å². The topological polar surface area (TPSA) is 56.1 Å². The first kappa shape index (κ1) is 13.8. The molecule has 4 heterocycles. The van der Waals surface area contributed by atoms with Crippen LogP contribution < -0.4 is 0 Å². The number of aromatic nitrogens is 4. The van der Waals surface area contributed by atoms with Gasteiger partial charge in [-0.05, 0) is 12.8 Å². The SMILES string of the molecule is Cn1cc(-c2ncnc3c2CCN([C@@H]2CCOC2)CC3)cn1. The zero-order valence-electron chi connectivity index (χ0n) is 12.9. The average Bonchev–Trinajstić information content (AvgIpc) is 3.15. The molecule has 0 aromatic carbocycles. The fourth-order valence-electron chi connectivity index (χ4n) is 3.51. The van der Waals surface area contributed by atoms with Gasteiger partial charge in [0.25, 0.3) is 0 Å². The Balaban J connectivity index is 1.62. The summed E-state index contributed by atoms with van der Waals surface area (Å²) in [5.74, 6) is 0. The average molecular weight is 299 g/mol. The van der Waals surface area contributed by atoms with Crippen LogP contribution in [0.2, 0.25) is 0 Å². The molecule has 116 valence electrons. The Morgan fingerprint density at radius 2 is 2.14 bits per heavy atom. The van der Waals surface area contributed by atoms with E-state index in [1.165, 1.54) is 11.3 Å². The number of nitrogens with zero attached hydrogens (tertiary/aromatic N) is 5. The van der Waals surface area contributed by atoms with Crippen molar-refractivity contribution >= 4 is 0 Å². The molecule has 0 unspecified atom stereocenters. The minimum absolute atomic E-state index is 0.573. The predicted molar refractivity (Wildman–Crippen MR) is 82.4 cm³/mol. The lowest BCUT2D eigenvalue weighted by molar-refractivity contribution is 0.147. The van der Waals surface area contributed by atoms with E-state index in [0.29, 0.717) is 6.04 Å². The third-order valence-electron chi connectivity index (χ3n) is 4.72. The molecule has 0 radical (unpaired) electrons. The van der Waals surface area contributed by atoms with Crippen LogP contribution in [0, 0.1) is 0 Å². The van der Waals surface area contributed by atoms with Gasteiger partial charge in [0.15, 0.2) is 0 Å². The Hall–Kier alpha value is -1.79. The van der Waals surface area contributed by atoms with Gasteiger partial charge in [-0.15, -0.1) is 0 Å². The van der Waals surface area contributed by atoms with Crippen molar-refractivity contribution in [3.8, 4) is 11.3 Å². The van der Waals surface area contributed by atoms with Crippen molar-refractivity contribution in [3.05, 3.63) is 30.0 Å². The number of fused-ring (bicyclic) bond motifs is 1. The van der Waals surface area contributed by atoms with Crippen molar-refractivity contribution in [2.75, 3.05) is 26.3 Å². The molecule has 1 atom stereocenters. The lowest BCUT2D eigenvalue weighted by atomic mass is 10.0. The number of rotatable bonds is 2. The van der Waals surface area contributed by atoms with E-state index in [1.807, 2.05) is 24.1 Å². The van der Waals surface area contributed by atoms with E-state index < -0.39 is 0 Å². The van der Waals surface area contributed by atoms with Crippen LogP contribution in [-0.2, 0) is 24.6 Å². The smallest absolute Gasteiger partial charge is 0.116 e. The van der Waals surface area contributed by atoms with Crippen molar-refractivity contribution in [2.24, 2.45) is 7.05 Å². The quantitative estimate of drug-likeness (QED) is 0.830. The molecule has 0 spiro atoms. The molecular formula is C16H21N5O. The fraction of sp³-hybridized carbons (Fsp3) is 0.562. The zero-order valence-corrected chi connectivity index (χ0v) is 12.9. The molecule has 2 aliphatic heterocycles. The van der Waals surface area contributed by atoms with E-state index >= 15 is 0 Å². The van der Waals surface area contributed by atoms with Gasteiger partial charge >= 0.3 is 0 Å². The molecule has 4 rings (SSSR count). The highest BCUT2D eigenvalue weighted by Crippen LogP contribution is 2.26. The van der Waals surface area contributed by atoms with Gasteiger partial charge < -0.3 is 4.74 Å². The molecule has 0 saturated carbocycles. The van der Waals surface area contributed by atoms with Gasteiger partial charge in [-0.3, -0.25) is 9.58 Å². The van der Waals surface area contributed by atoms with E-state index in [0.717, 1.165) is 56.8 Å². The molecule has 2 aliphatic rings. The monoisotopic (exact) mass is 299 g/mol. The second-order valence-electron chi connectivity index (χ2n) is 6.10. The van der Waals surface area contributed by atoms with E-state index in [-0.39, 0.29) is 0 Å². The van der Waals surface area contributed by atoms with Gasteiger partial charge in [-0.2, -0.15) is 5.10 Å². The Morgan fingerprint density at radius 3 is 2.91 bits per heavy atom. The van der Waals surface area contributed by atoms with Crippen molar-refractivity contribution in [1.29, 1.82) is 0 Å². The number of ether oxygens (including phenoxy) is 1. The lowest BCUT2D eigenvalue weighted by Crippen LogP contribution is -2.37. The van der Waals surface area contributed by atoms with E-state index in [2.05, 4.69) is 20.0 Å². The van der Waals surface area contributed by atoms with E-state index in [9.17, 15) is 0 Å². The summed E-state index contributed by atoms with van der Waals surface area (Å²) in [6.07, 6.45) is 8.73. The minimum atomic E-state index is 0.573. The van der Waals surface area contributed by atoms with Crippen LogP contribution in [0.1, 0.15) is 17.7 Å². The van der Waals surface area contributed by atoms with Gasteiger partial charge in [0.2, 0.25) is 0 Å². The summed E-state index contributed by atoms with van der Waals surface area (Å²) < 4.78 is 7.37. The molecule has 2 aromatic rings. The highest BCUT2D eigenvalue weighted by Gasteiger charge is 2.26. The van der Waals surface area contributed by atoms with E-state index in [1.54, 1.807) is 6.33 Å². The second-order valence-corrected chi connectivity index (χ2v) is 6.10. The second kappa shape index (κ2) is 5.78. The Morgan fingerprint density at radius 1 is 1.23 bits per heavy atom. The minimum Gasteiger partial charge on any atom is -0.380 e. The number of hydrogen-bond donors (Lipinski definition) is 0.